The molecular weight excluding hydrogens is 114 g/mol. The molecule has 0 radical (unpaired) electrons. The highest BCUT2D eigenvalue weighted by atomic mass is 19.1. The van der Waals surface area contributed by atoms with Gasteiger partial charge in [-0.15, -0.1) is 10.2 Å². The first kappa shape index (κ1) is 5.08. The molecule has 0 saturated carbocycles. The smallest absolute Gasteiger partial charge is 0.183 e. The van der Waals surface area contributed by atoms with Crippen LogP contribution in [0, 0.1) is 11.9 Å². The van der Waals surface area contributed by atoms with Crippen molar-refractivity contribution in [3.63, 3.8) is 0 Å². The molecule has 42 valence electrons. The van der Waals surface area contributed by atoms with Crippen LogP contribution in [-0.2, 0) is 0 Å². The Kier molecular flexibility index (Phi) is 1.15. The molecule has 1 aromatic rings. The van der Waals surface area contributed by atoms with Gasteiger partial charge < -0.3 is 0 Å². The van der Waals surface area contributed by atoms with Gasteiger partial charge in [0.15, 0.2) is 0 Å². The molecule has 0 spiro atoms. The van der Waals surface area contributed by atoms with E-state index in [1.54, 1.807) is 0 Å². The molecule has 0 fully saturated rings. The van der Waals surface area contributed by atoms with E-state index in [-0.39, 0.29) is 0 Å². The average molecular weight is 116 g/mol. The van der Waals surface area contributed by atoms with Crippen LogP contribution in [0.2, 0.25) is 0 Å². The minimum absolute atomic E-state index is 0.772. The summed E-state index contributed by atoms with van der Waals surface area (Å²) in [4.78, 5) is 0. The molecule has 1 heterocycles. The second-order valence-electron chi connectivity index (χ2n) is 1.18. The molecule has 0 aliphatic heterocycles. The van der Waals surface area contributed by atoms with E-state index in [0.29, 0.717) is 0 Å². The number of aromatic nitrogens is 2. The monoisotopic (exact) mass is 116 g/mol. The van der Waals surface area contributed by atoms with E-state index in [4.69, 9.17) is 0 Å². The van der Waals surface area contributed by atoms with Gasteiger partial charge in [0.1, 0.15) is 0 Å². The fourth-order valence-corrected chi connectivity index (χ4v) is 0.300. The van der Waals surface area contributed by atoms with E-state index in [1.807, 2.05) is 0 Å². The minimum atomic E-state index is -0.772. The molecule has 4 heteroatoms. The fraction of sp³-hybridized carbons (Fsp3) is 0. The van der Waals surface area contributed by atoms with Crippen molar-refractivity contribution in [1.29, 1.82) is 0 Å². The number of nitrogens with zero attached hydrogens (tertiary/aromatic N) is 2. The van der Waals surface area contributed by atoms with Crippen LogP contribution < -0.4 is 0 Å². The van der Waals surface area contributed by atoms with Gasteiger partial charge in [-0.3, -0.25) is 0 Å². The lowest BCUT2D eigenvalue weighted by atomic mass is 10.6. The number of halogens is 2. The van der Waals surface area contributed by atoms with E-state index in [9.17, 15) is 8.78 Å². The van der Waals surface area contributed by atoms with Gasteiger partial charge in [0.05, 0.1) is 0 Å². The predicted octanol–water partition coefficient (Wildman–Crippen LogP) is 0.755. The number of hydrogen-bond donors (Lipinski definition) is 0. The molecule has 0 bridgehead atoms. The third kappa shape index (κ3) is 0.959. The molecular formula is C4H2F2N2. The van der Waals surface area contributed by atoms with Gasteiger partial charge in [0.25, 0.3) is 0 Å². The van der Waals surface area contributed by atoms with Gasteiger partial charge in [-0.2, -0.15) is 8.78 Å². The molecule has 0 aliphatic carbocycles. The molecule has 0 N–H and O–H groups in total. The Balaban J connectivity index is 3.03. The minimum Gasteiger partial charge on any atom is -0.183 e. The summed E-state index contributed by atoms with van der Waals surface area (Å²) in [5, 5.41) is 5.57. The second kappa shape index (κ2) is 1.81. The van der Waals surface area contributed by atoms with Crippen LogP contribution in [0.25, 0.3) is 0 Å². The Morgan fingerprint density at radius 3 is 1.62 bits per heavy atom. The largest absolute Gasteiger partial charge is 0.233 e. The highest BCUT2D eigenvalue weighted by Crippen LogP contribution is 1.89. The molecule has 0 unspecified atom stereocenters. The SMILES string of the molecule is Fc1ccc(F)nn1. The highest BCUT2D eigenvalue weighted by molar-refractivity contribution is 4.86. The van der Waals surface area contributed by atoms with Crippen molar-refractivity contribution in [2.45, 2.75) is 0 Å². The molecule has 1 rings (SSSR count). The first-order chi connectivity index (χ1) is 3.79. The third-order valence-corrected chi connectivity index (χ3v) is 0.599. The zero-order chi connectivity index (χ0) is 5.98. The maximum Gasteiger partial charge on any atom is 0.233 e. The quantitative estimate of drug-likeness (QED) is 0.500. The van der Waals surface area contributed by atoms with Crippen molar-refractivity contribution in [2.24, 2.45) is 0 Å². The third-order valence-electron chi connectivity index (χ3n) is 0.599. The Labute approximate surface area is 44.2 Å². The maximum absolute atomic E-state index is 11.7. The first-order valence-electron chi connectivity index (χ1n) is 1.94. The van der Waals surface area contributed by atoms with Crippen molar-refractivity contribution in [3.05, 3.63) is 24.0 Å². The number of hydrogen-bond acceptors (Lipinski definition) is 2. The van der Waals surface area contributed by atoms with Crippen molar-refractivity contribution >= 4 is 0 Å². The van der Waals surface area contributed by atoms with Crippen molar-refractivity contribution in [2.75, 3.05) is 0 Å². The van der Waals surface area contributed by atoms with Crippen LogP contribution >= 0.6 is 0 Å². The molecule has 0 saturated heterocycles. The van der Waals surface area contributed by atoms with E-state index < -0.39 is 11.9 Å². The Morgan fingerprint density at radius 1 is 1.00 bits per heavy atom. The van der Waals surface area contributed by atoms with Crippen LogP contribution in [-0.4, -0.2) is 10.2 Å². The number of rotatable bonds is 0. The molecule has 8 heavy (non-hydrogen) atoms. The van der Waals surface area contributed by atoms with E-state index >= 15 is 0 Å². The Bertz CT molecular complexity index is 151. The predicted molar refractivity (Wildman–Crippen MR) is 21.9 cm³/mol. The van der Waals surface area contributed by atoms with Crippen molar-refractivity contribution in [3.8, 4) is 0 Å². The summed E-state index contributed by atoms with van der Waals surface area (Å²) in [6.45, 7) is 0. The molecule has 0 aliphatic rings. The average Bonchev–Trinajstić information content (AvgIpc) is 1.77. The summed E-state index contributed by atoms with van der Waals surface area (Å²) >= 11 is 0. The lowest BCUT2D eigenvalue weighted by Crippen LogP contribution is -1.88. The van der Waals surface area contributed by atoms with Crippen molar-refractivity contribution in [1.82, 2.24) is 10.2 Å². The summed E-state index contributed by atoms with van der Waals surface area (Å²) in [5.41, 5.74) is 0. The van der Waals surface area contributed by atoms with Crippen LogP contribution in [0.1, 0.15) is 0 Å². The molecule has 1 aromatic heterocycles. The molecule has 0 atom stereocenters. The van der Waals surface area contributed by atoms with Gasteiger partial charge in [-0.05, 0) is 12.1 Å². The summed E-state index contributed by atoms with van der Waals surface area (Å²) in [7, 11) is 0. The molecule has 2 nitrogen and oxygen atoms in total. The topological polar surface area (TPSA) is 25.8 Å². The van der Waals surface area contributed by atoms with Gasteiger partial charge in [0.2, 0.25) is 11.9 Å². The molecule has 0 aromatic carbocycles. The van der Waals surface area contributed by atoms with E-state index in [0.717, 1.165) is 12.1 Å². The summed E-state index contributed by atoms with van der Waals surface area (Å²) in [6, 6.07) is 1.81. The van der Waals surface area contributed by atoms with Gasteiger partial charge in [-0.1, -0.05) is 0 Å². The van der Waals surface area contributed by atoms with Crippen LogP contribution in [0.15, 0.2) is 12.1 Å². The lowest BCUT2D eigenvalue weighted by Gasteiger charge is -1.81. The van der Waals surface area contributed by atoms with Gasteiger partial charge in [0, 0.05) is 0 Å². The van der Waals surface area contributed by atoms with Gasteiger partial charge >= 0.3 is 0 Å². The zero-order valence-corrected chi connectivity index (χ0v) is 3.81. The fourth-order valence-electron chi connectivity index (χ4n) is 0.300. The van der Waals surface area contributed by atoms with Crippen LogP contribution in [0.3, 0.4) is 0 Å². The van der Waals surface area contributed by atoms with Crippen LogP contribution in [0.5, 0.6) is 0 Å². The zero-order valence-electron chi connectivity index (χ0n) is 3.81. The lowest BCUT2D eigenvalue weighted by molar-refractivity contribution is 0.507. The van der Waals surface area contributed by atoms with Crippen LogP contribution in [0.4, 0.5) is 8.78 Å². The molecule has 0 amide bonds. The van der Waals surface area contributed by atoms with Crippen molar-refractivity contribution < 1.29 is 8.78 Å². The Hall–Kier alpha value is -1.06. The van der Waals surface area contributed by atoms with E-state index in [2.05, 4.69) is 10.2 Å². The van der Waals surface area contributed by atoms with Gasteiger partial charge in [-0.25, -0.2) is 0 Å². The Morgan fingerprint density at radius 2 is 1.38 bits per heavy atom. The second-order valence-corrected chi connectivity index (χ2v) is 1.18. The normalized spacial score (nSPS) is 9.25. The maximum atomic E-state index is 11.7. The first-order valence-corrected chi connectivity index (χ1v) is 1.94. The summed E-state index contributed by atoms with van der Waals surface area (Å²) in [5.74, 6) is -1.54. The highest BCUT2D eigenvalue weighted by Gasteiger charge is 1.90. The summed E-state index contributed by atoms with van der Waals surface area (Å²) in [6.07, 6.45) is 0. The summed E-state index contributed by atoms with van der Waals surface area (Å²) < 4.78 is 23.5. The standard InChI is InChI=1S/C4H2F2N2/c5-3-1-2-4(6)8-7-3/h1-2H. The van der Waals surface area contributed by atoms with E-state index in [1.165, 1.54) is 0 Å².